The maximum absolute atomic E-state index is 12.6. The van der Waals surface area contributed by atoms with E-state index in [1.54, 1.807) is 7.11 Å². The molecule has 1 aromatic carbocycles. The molecule has 7 heteroatoms. The summed E-state index contributed by atoms with van der Waals surface area (Å²) in [5, 5.41) is 12.1. The van der Waals surface area contributed by atoms with Gasteiger partial charge in [0.15, 0.2) is 0 Å². The van der Waals surface area contributed by atoms with Crippen molar-refractivity contribution < 1.29 is 9.53 Å². The lowest BCUT2D eigenvalue weighted by Gasteiger charge is -2.32. The van der Waals surface area contributed by atoms with E-state index >= 15 is 0 Å². The van der Waals surface area contributed by atoms with E-state index in [1.807, 2.05) is 29.2 Å². The standard InChI is InChI=1S/C20H27N5O2/c1-27-17-4-2-3-15(13-17)5-6-19(26)24-10-7-16(8-11-24)20-23-22-18-14-21-9-12-25(18)20/h2-4,13,16,21H,5-12,14H2,1H3. The molecule has 1 aromatic heterocycles. The number of nitrogens with zero attached hydrogens (tertiary/aromatic N) is 4. The molecule has 2 aliphatic heterocycles. The third-order valence-electron chi connectivity index (χ3n) is 5.63. The number of likely N-dealkylation sites (tertiary alicyclic amines) is 1. The van der Waals surface area contributed by atoms with Crippen LogP contribution in [0.5, 0.6) is 5.75 Å². The normalized spacial score (nSPS) is 17.6. The fourth-order valence-electron chi connectivity index (χ4n) is 4.04. The summed E-state index contributed by atoms with van der Waals surface area (Å²) < 4.78 is 7.52. The minimum Gasteiger partial charge on any atom is -0.497 e. The number of aryl methyl sites for hydroxylation is 1. The highest BCUT2D eigenvalue weighted by atomic mass is 16.5. The van der Waals surface area contributed by atoms with Gasteiger partial charge in [0.2, 0.25) is 5.91 Å². The lowest BCUT2D eigenvalue weighted by atomic mass is 9.95. The second kappa shape index (κ2) is 8.08. The Labute approximate surface area is 159 Å². The van der Waals surface area contributed by atoms with Crippen LogP contribution in [0.3, 0.4) is 0 Å². The van der Waals surface area contributed by atoms with Crippen molar-refractivity contribution in [2.75, 3.05) is 26.7 Å². The van der Waals surface area contributed by atoms with E-state index in [0.29, 0.717) is 12.3 Å². The Morgan fingerprint density at radius 3 is 2.93 bits per heavy atom. The molecule has 0 atom stereocenters. The number of methoxy groups -OCH3 is 1. The van der Waals surface area contributed by atoms with E-state index in [2.05, 4.69) is 20.1 Å². The van der Waals surface area contributed by atoms with E-state index < -0.39 is 0 Å². The molecule has 144 valence electrons. The maximum Gasteiger partial charge on any atom is 0.222 e. The van der Waals surface area contributed by atoms with E-state index in [1.165, 1.54) is 0 Å². The van der Waals surface area contributed by atoms with Crippen molar-refractivity contribution >= 4 is 5.91 Å². The summed E-state index contributed by atoms with van der Waals surface area (Å²) in [6.45, 7) is 4.33. The number of carbonyl (C=O) groups excluding carboxylic acids is 1. The molecule has 2 aromatic rings. The van der Waals surface area contributed by atoms with Crippen molar-refractivity contribution in [2.24, 2.45) is 0 Å². The quantitative estimate of drug-likeness (QED) is 0.869. The Balaban J connectivity index is 1.30. The highest BCUT2D eigenvalue weighted by molar-refractivity contribution is 5.76. The number of carbonyl (C=O) groups is 1. The van der Waals surface area contributed by atoms with Crippen molar-refractivity contribution in [1.29, 1.82) is 0 Å². The zero-order valence-corrected chi connectivity index (χ0v) is 15.9. The third-order valence-corrected chi connectivity index (χ3v) is 5.63. The van der Waals surface area contributed by atoms with Crippen LogP contribution >= 0.6 is 0 Å². The number of piperidine rings is 1. The van der Waals surface area contributed by atoms with Crippen molar-refractivity contribution in [3.63, 3.8) is 0 Å². The Kier molecular flexibility index (Phi) is 5.38. The van der Waals surface area contributed by atoms with Crippen LogP contribution in [0, 0.1) is 0 Å². The van der Waals surface area contributed by atoms with Crippen molar-refractivity contribution in [3.05, 3.63) is 41.5 Å². The zero-order valence-electron chi connectivity index (χ0n) is 15.9. The molecule has 0 radical (unpaired) electrons. The van der Waals surface area contributed by atoms with Crippen LogP contribution in [0.25, 0.3) is 0 Å². The molecule has 0 unspecified atom stereocenters. The second-order valence-corrected chi connectivity index (χ2v) is 7.31. The molecule has 4 rings (SSSR count). The van der Waals surface area contributed by atoms with Gasteiger partial charge in [0.25, 0.3) is 0 Å². The summed E-state index contributed by atoms with van der Waals surface area (Å²) in [6, 6.07) is 7.95. The van der Waals surface area contributed by atoms with Gasteiger partial charge in [-0.3, -0.25) is 4.79 Å². The van der Waals surface area contributed by atoms with Gasteiger partial charge in [-0.25, -0.2) is 0 Å². The first-order valence-corrected chi connectivity index (χ1v) is 9.78. The van der Waals surface area contributed by atoms with Gasteiger partial charge in [-0.15, -0.1) is 10.2 Å². The van der Waals surface area contributed by atoms with E-state index in [0.717, 1.165) is 74.9 Å². The summed E-state index contributed by atoms with van der Waals surface area (Å²) >= 11 is 0. The monoisotopic (exact) mass is 369 g/mol. The molecular weight excluding hydrogens is 342 g/mol. The molecule has 0 saturated carbocycles. The summed E-state index contributed by atoms with van der Waals surface area (Å²) in [6.07, 6.45) is 3.23. The van der Waals surface area contributed by atoms with Crippen LogP contribution in [0.2, 0.25) is 0 Å². The van der Waals surface area contributed by atoms with Crippen LogP contribution in [0.1, 0.15) is 42.4 Å². The molecular formula is C20H27N5O2. The van der Waals surface area contributed by atoms with Gasteiger partial charge in [-0.2, -0.15) is 0 Å². The molecule has 0 aliphatic carbocycles. The van der Waals surface area contributed by atoms with Gasteiger partial charge in [-0.05, 0) is 37.0 Å². The Morgan fingerprint density at radius 1 is 1.26 bits per heavy atom. The minimum absolute atomic E-state index is 0.240. The first kappa shape index (κ1) is 18.0. The average molecular weight is 369 g/mol. The minimum atomic E-state index is 0.240. The number of benzene rings is 1. The number of hydrogen-bond acceptors (Lipinski definition) is 5. The van der Waals surface area contributed by atoms with Crippen LogP contribution in [-0.2, 0) is 24.3 Å². The molecule has 3 heterocycles. The molecule has 1 fully saturated rings. The summed E-state index contributed by atoms with van der Waals surface area (Å²) in [5.74, 6) is 3.63. The van der Waals surface area contributed by atoms with Gasteiger partial charge < -0.3 is 19.5 Å². The highest BCUT2D eigenvalue weighted by Crippen LogP contribution is 2.28. The van der Waals surface area contributed by atoms with Crippen molar-refractivity contribution in [2.45, 2.75) is 44.7 Å². The van der Waals surface area contributed by atoms with E-state index in [9.17, 15) is 4.79 Å². The van der Waals surface area contributed by atoms with E-state index in [4.69, 9.17) is 4.74 Å². The fraction of sp³-hybridized carbons (Fsp3) is 0.550. The highest BCUT2D eigenvalue weighted by Gasteiger charge is 2.28. The van der Waals surface area contributed by atoms with Gasteiger partial charge in [0.05, 0.1) is 13.7 Å². The number of rotatable bonds is 5. The first-order chi connectivity index (χ1) is 13.2. The maximum atomic E-state index is 12.6. The molecule has 1 saturated heterocycles. The van der Waals surface area contributed by atoms with Crippen LogP contribution in [0.4, 0.5) is 0 Å². The predicted octanol–water partition coefficient (Wildman–Crippen LogP) is 1.73. The average Bonchev–Trinajstić information content (AvgIpc) is 3.16. The van der Waals surface area contributed by atoms with Gasteiger partial charge in [0, 0.05) is 38.5 Å². The molecule has 0 spiro atoms. The van der Waals surface area contributed by atoms with Crippen molar-refractivity contribution in [3.8, 4) is 5.75 Å². The smallest absolute Gasteiger partial charge is 0.222 e. The van der Waals surface area contributed by atoms with Gasteiger partial charge >= 0.3 is 0 Å². The Hall–Kier alpha value is -2.41. The number of hydrogen-bond donors (Lipinski definition) is 1. The first-order valence-electron chi connectivity index (χ1n) is 9.78. The fourth-order valence-corrected chi connectivity index (χ4v) is 4.04. The molecule has 2 aliphatic rings. The Morgan fingerprint density at radius 2 is 2.11 bits per heavy atom. The summed E-state index contributed by atoms with van der Waals surface area (Å²) in [5.41, 5.74) is 1.14. The summed E-state index contributed by atoms with van der Waals surface area (Å²) in [4.78, 5) is 14.6. The van der Waals surface area contributed by atoms with Gasteiger partial charge in [0.1, 0.15) is 17.4 Å². The molecule has 0 bridgehead atoms. The second-order valence-electron chi connectivity index (χ2n) is 7.31. The van der Waals surface area contributed by atoms with E-state index in [-0.39, 0.29) is 5.91 Å². The number of amides is 1. The predicted molar refractivity (Wildman–Crippen MR) is 102 cm³/mol. The largest absolute Gasteiger partial charge is 0.497 e. The molecule has 27 heavy (non-hydrogen) atoms. The number of aromatic nitrogens is 3. The topological polar surface area (TPSA) is 72.3 Å². The van der Waals surface area contributed by atoms with Gasteiger partial charge in [-0.1, -0.05) is 12.1 Å². The van der Waals surface area contributed by atoms with Crippen LogP contribution < -0.4 is 10.1 Å². The number of ether oxygens (including phenoxy) is 1. The van der Waals surface area contributed by atoms with Crippen LogP contribution in [-0.4, -0.2) is 52.3 Å². The SMILES string of the molecule is COc1cccc(CCC(=O)N2CCC(c3nnc4n3CCNC4)CC2)c1. The molecule has 1 amide bonds. The number of fused-ring (bicyclic) bond motifs is 1. The third kappa shape index (κ3) is 3.98. The lowest BCUT2D eigenvalue weighted by molar-refractivity contribution is -0.132. The zero-order chi connectivity index (χ0) is 18.6. The molecule has 7 nitrogen and oxygen atoms in total. The van der Waals surface area contributed by atoms with Crippen LogP contribution in [0.15, 0.2) is 24.3 Å². The van der Waals surface area contributed by atoms with Crippen molar-refractivity contribution in [1.82, 2.24) is 25.0 Å². The molecule has 1 N–H and O–H groups in total. The summed E-state index contributed by atoms with van der Waals surface area (Å²) in [7, 11) is 1.66. The lowest BCUT2D eigenvalue weighted by Crippen LogP contribution is -2.39. The Bertz CT molecular complexity index is 795. The number of nitrogens with one attached hydrogen (secondary N) is 1.